The number of H-pyrrole nitrogens is 1. The molecule has 5 rings (SSSR count). The fraction of sp³-hybridized carbons (Fsp3) is 0.463. The Morgan fingerprint density at radius 2 is 1.57 bits per heavy atom. The molecule has 9 nitrogen and oxygen atoms in total. The summed E-state index contributed by atoms with van der Waals surface area (Å²) in [5, 5.41) is 6.21. The van der Waals surface area contributed by atoms with Crippen LogP contribution >= 0.6 is 0 Å². The molecular formula is C41H47F4N5O4. The van der Waals surface area contributed by atoms with Crippen LogP contribution in [0.2, 0.25) is 0 Å². The van der Waals surface area contributed by atoms with Gasteiger partial charge in [-0.15, -0.1) is 0 Å². The minimum absolute atomic E-state index is 0.0609. The summed E-state index contributed by atoms with van der Waals surface area (Å²) in [6.45, 7) is 7.62. The van der Waals surface area contributed by atoms with E-state index in [-0.39, 0.29) is 79.7 Å². The normalized spacial score (nSPS) is 17.9. The lowest BCUT2D eigenvalue weighted by atomic mass is 9.72. The maximum absolute atomic E-state index is 14.8. The van der Waals surface area contributed by atoms with Crippen molar-refractivity contribution in [3.63, 3.8) is 0 Å². The second kappa shape index (κ2) is 17.0. The summed E-state index contributed by atoms with van der Waals surface area (Å²) in [5.74, 6) is -4.40. The third-order valence-corrected chi connectivity index (χ3v) is 11.1. The van der Waals surface area contributed by atoms with Gasteiger partial charge in [-0.3, -0.25) is 19.2 Å². The van der Waals surface area contributed by atoms with Crippen LogP contribution < -0.4 is 10.6 Å². The Kier molecular flexibility index (Phi) is 12.7. The molecule has 2 amide bonds. The summed E-state index contributed by atoms with van der Waals surface area (Å²) < 4.78 is 56.6. The number of amides is 2. The van der Waals surface area contributed by atoms with E-state index >= 15 is 0 Å². The molecule has 2 aromatic heterocycles. The number of nitrogens with one attached hydrogen (secondary N) is 3. The molecule has 2 heterocycles. The second-order valence-electron chi connectivity index (χ2n) is 14.6. The first kappa shape index (κ1) is 40.2. The summed E-state index contributed by atoms with van der Waals surface area (Å²) in [6, 6.07) is 9.81. The van der Waals surface area contributed by atoms with Crippen LogP contribution in [0.3, 0.4) is 0 Å². The van der Waals surface area contributed by atoms with Crippen molar-refractivity contribution in [1.29, 1.82) is 0 Å². The first-order chi connectivity index (χ1) is 25.7. The largest absolute Gasteiger partial charge is 0.418 e. The molecule has 1 aliphatic carbocycles. The number of alkyl halides is 3. The van der Waals surface area contributed by atoms with Gasteiger partial charge in [-0.25, -0.2) is 14.4 Å². The van der Waals surface area contributed by atoms with Crippen molar-refractivity contribution in [3.8, 4) is 0 Å². The molecule has 1 aliphatic rings. The third kappa shape index (κ3) is 9.05. The maximum atomic E-state index is 14.8. The number of carbonyl (C=O) groups excluding carboxylic acids is 4. The Labute approximate surface area is 312 Å². The Bertz CT molecular complexity index is 1980. The number of benzene rings is 2. The summed E-state index contributed by atoms with van der Waals surface area (Å²) >= 11 is 0. The molecular weight excluding hydrogens is 702 g/mol. The van der Waals surface area contributed by atoms with Crippen LogP contribution in [0.1, 0.15) is 87.7 Å². The van der Waals surface area contributed by atoms with Crippen LogP contribution in [0, 0.1) is 29.5 Å². The van der Waals surface area contributed by atoms with Crippen molar-refractivity contribution < 1.29 is 36.7 Å². The summed E-state index contributed by atoms with van der Waals surface area (Å²) in [4.78, 5) is 67.1. The van der Waals surface area contributed by atoms with Crippen LogP contribution in [-0.4, -0.2) is 43.9 Å². The molecule has 0 fully saturated rings. The lowest BCUT2D eigenvalue weighted by Gasteiger charge is -2.39. The first-order valence-electron chi connectivity index (χ1n) is 18.5. The molecule has 4 aromatic rings. The van der Waals surface area contributed by atoms with Crippen molar-refractivity contribution in [1.82, 2.24) is 25.6 Å². The standard InChI is InChI=1S/C41H47F4N5O4/c1-5-24(3)30(17-28(51)16-27-10-7-8-13-34(27)42)39(54)50-40(15-14-35-32(19-40)29-11-9-12-33(37(29)49-35)41(43,44)45)36(52)18-31(25(4)6-2)38(53)48-22-26-20-46-23-47-21-26/h7-13,20-21,23-25,30-31,49H,5-6,14-19,22H2,1-4H3,(H,48,53)(H,50,54)/t24?,25?,30-,31-,40+/m0/s1. The zero-order valence-corrected chi connectivity index (χ0v) is 31.0. The van der Waals surface area contributed by atoms with Gasteiger partial charge in [-0.1, -0.05) is 70.9 Å². The van der Waals surface area contributed by atoms with Crippen molar-refractivity contribution in [2.24, 2.45) is 23.7 Å². The second-order valence-corrected chi connectivity index (χ2v) is 14.6. The number of carbonyl (C=O) groups is 4. The van der Waals surface area contributed by atoms with Crippen LogP contribution in [0.5, 0.6) is 0 Å². The van der Waals surface area contributed by atoms with Crippen LogP contribution in [0.25, 0.3) is 10.9 Å². The fourth-order valence-electron chi connectivity index (χ4n) is 7.43. The number of hydrogen-bond donors (Lipinski definition) is 3. The zero-order chi connectivity index (χ0) is 39.2. The van der Waals surface area contributed by atoms with Gasteiger partial charge < -0.3 is 15.6 Å². The van der Waals surface area contributed by atoms with Crippen molar-refractivity contribution >= 4 is 34.3 Å². The smallest absolute Gasteiger partial charge is 0.358 e. The quantitative estimate of drug-likeness (QED) is 0.103. The van der Waals surface area contributed by atoms with Gasteiger partial charge in [0, 0.05) is 73.1 Å². The van der Waals surface area contributed by atoms with Crippen molar-refractivity contribution in [2.45, 2.75) is 97.3 Å². The van der Waals surface area contributed by atoms with E-state index in [1.807, 2.05) is 27.7 Å². The van der Waals surface area contributed by atoms with Gasteiger partial charge in [0.15, 0.2) is 5.78 Å². The van der Waals surface area contributed by atoms with Gasteiger partial charge in [-0.2, -0.15) is 13.2 Å². The number of aromatic nitrogens is 3. The highest BCUT2D eigenvalue weighted by Crippen LogP contribution is 2.41. The SMILES string of the molecule is CCC(C)[C@H](CC(=O)[C@@]1(NC(=O)[C@@H](CC(=O)Cc2ccccc2F)C(C)CC)CCc2[nH]c3c(C(F)(F)F)cccc3c2C1)C(=O)NCc1cncnc1. The molecule has 0 spiro atoms. The van der Waals surface area contributed by atoms with E-state index in [9.17, 15) is 36.7 Å². The zero-order valence-electron chi connectivity index (χ0n) is 31.0. The maximum Gasteiger partial charge on any atom is 0.418 e. The molecule has 288 valence electrons. The van der Waals surface area contributed by atoms with E-state index in [2.05, 4.69) is 25.6 Å². The number of aromatic amines is 1. The number of halogens is 4. The number of Topliss-reactive ketones (excluding diaryl/α,β-unsaturated/α-hetero) is 2. The topological polar surface area (TPSA) is 134 Å². The van der Waals surface area contributed by atoms with E-state index in [4.69, 9.17) is 0 Å². The highest BCUT2D eigenvalue weighted by atomic mass is 19.4. The summed E-state index contributed by atoms with van der Waals surface area (Å²) in [5.41, 5.74) is -0.613. The molecule has 0 saturated heterocycles. The van der Waals surface area contributed by atoms with Gasteiger partial charge in [0.1, 0.15) is 23.5 Å². The highest BCUT2D eigenvalue weighted by molar-refractivity contribution is 5.99. The Morgan fingerprint density at radius 3 is 2.22 bits per heavy atom. The average molecular weight is 750 g/mol. The van der Waals surface area contributed by atoms with E-state index in [1.54, 1.807) is 24.5 Å². The number of rotatable bonds is 16. The first-order valence-corrected chi connectivity index (χ1v) is 18.5. The Morgan fingerprint density at radius 1 is 0.907 bits per heavy atom. The molecule has 0 bridgehead atoms. The van der Waals surface area contributed by atoms with Crippen molar-refractivity contribution in [2.75, 3.05) is 0 Å². The molecule has 54 heavy (non-hydrogen) atoms. The fourth-order valence-corrected chi connectivity index (χ4v) is 7.43. The van der Waals surface area contributed by atoms with Crippen LogP contribution in [0.4, 0.5) is 17.6 Å². The lowest BCUT2D eigenvalue weighted by Crippen LogP contribution is -2.60. The molecule has 2 aromatic carbocycles. The predicted molar refractivity (Wildman–Crippen MR) is 195 cm³/mol. The van der Waals surface area contributed by atoms with Crippen LogP contribution in [0.15, 0.2) is 61.2 Å². The Hall–Kier alpha value is -4.94. The molecule has 0 aliphatic heterocycles. The minimum atomic E-state index is -4.63. The summed E-state index contributed by atoms with van der Waals surface area (Å²) in [6.07, 6.45) is 0.445. The van der Waals surface area contributed by atoms with E-state index < -0.39 is 46.6 Å². The van der Waals surface area contributed by atoms with E-state index in [1.165, 1.54) is 30.6 Å². The number of para-hydroxylation sites is 1. The Balaban J connectivity index is 1.49. The number of hydrogen-bond acceptors (Lipinski definition) is 6. The third-order valence-electron chi connectivity index (χ3n) is 11.1. The number of ketones is 2. The molecule has 13 heteroatoms. The van der Waals surface area contributed by atoms with E-state index in [0.717, 1.165) is 6.07 Å². The van der Waals surface area contributed by atoms with Gasteiger partial charge in [-0.05, 0) is 47.9 Å². The summed E-state index contributed by atoms with van der Waals surface area (Å²) in [7, 11) is 0. The van der Waals surface area contributed by atoms with Gasteiger partial charge in [0.25, 0.3) is 0 Å². The molecule has 2 unspecified atom stereocenters. The minimum Gasteiger partial charge on any atom is -0.358 e. The van der Waals surface area contributed by atoms with Crippen LogP contribution in [-0.2, 0) is 51.2 Å². The average Bonchev–Trinajstić information content (AvgIpc) is 3.52. The molecule has 5 atom stereocenters. The van der Waals surface area contributed by atoms with Gasteiger partial charge in [0.05, 0.1) is 11.1 Å². The highest BCUT2D eigenvalue weighted by Gasteiger charge is 2.47. The number of aryl methyl sites for hydroxylation is 1. The molecule has 0 saturated carbocycles. The lowest BCUT2D eigenvalue weighted by molar-refractivity contribution is -0.139. The van der Waals surface area contributed by atoms with Crippen molar-refractivity contribution in [3.05, 3.63) is 95.0 Å². The molecule has 0 radical (unpaired) electrons. The monoisotopic (exact) mass is 749 g/mol. The van der Waals surface area contributed by atoms with E-state index in [0.29, 0.717) is 35.0 Å². The number of fused-ring (bicyclic) bond motifs is 3. The van der Waals surface area contributed by atoms with Gasteiger partial charge >= 0.3 is 6.18 Å². The molecule has 3 N–H and O–H groups in total. The number of nitrogens with zero attached hydrogens (tertiary/aromatic N) is 2. The van der Waals surface area contributed by atoms with Gasteiger partial charge in [0.2, 0.25) is 11.8 Å². The predicted octanol–water partition coefficient (Wildman–Crippen LogP) is 7.26.